The van der Waals surface area contributed by atoms with Crippen molar-refractivity contribution >= 4 is 17.8 Å². The maximum absolute atomic E-state index is 11.3. The van der Waals surface area contributed by atoms with E-state index in [9.17, 15) is 14.4 Å². The Morgan fingerprint density at radius 2 is 1.81 bits per heavy atom. The van der Waals surface area contributed by atoms with Crippen molar-refractivity contribution in [2.45, 2.75) is 33.2 Å². The average molecular weight is 230 g/mol. The number of rotatable bonds is 6. The second-order valence-corrected chi connectivity index (χ2v) is 4.00. The second-order valence-electron chi connectivity index (χ2n) is 4.00. The van der Waals surface area contributed by atoms with Crippen molar-refractivity contribution in [3.63, 3.8) is 0 Å². The zero-order valence-electron chi connectivity index (χ0n) is 9.74. The van der Waals surface area contributed by atoms with Crippen molar-refractivity contribution in [1.29, 1.82) is 0 Å². The third-order valence-corrected chi connectivity index (χ3v) is 1.84. The zero-order valence-corrected chi connectivity index (χ0v) is 9.74. The van der Waals surface area contributed by atoms with E-state index in [0.717, 1.165) is 0 Å². The van der Waals surface area contributed by atoms with Crippen molar-refractivity contribution < 1.29 is 19.5 Å². The van der Waals surface area contributed by atoms with Gasteiger partial charge in [-0.05, 0) is 12.3 Å². The molecule has 0 spiro atoms. The molecule has 3 N–H and O–H groups in total. The van der Waals surface area contributed by atoms with E-state index in [2.05, 4.69) is 10.6 Å². The van der Waals surface area contributed by atoms with Crippen LogP contribution in [0.25, 0.3) is 0 Å². The molecule has 0 fully saturated rings. The number of carboxylic acid groups (broad SMARTS) is 1. The van der Waals surface area contributed by atoms with Crippen LogP contribution in [0.5, 0.6) is 0 Å². The molecule has 92 valence electrons. The highest BCUT2D eigenvalue weighted by Crippen LogP contribution is 2.04. The van der Waals surface area contributed by atoms with Crippen LogP contribution in [0, 0.1) is 5.92 Å². The van der Waals surface area contributed by atoms with E-state index in [1.165, 1.54) is 6.92 Å². The highest BCUT2D eigenvalue weighted by Gasteiger charge is 2.20. The number of aliphatic carboxylic acids is 1. The molecule has 6 heteroatoms. The Bertz CT molecular complexity index is 276. The van der Waals surface area contributed by atoms with E-state index in [1.807, 2.05) is 13.8 Å². The molecule has 0 saturated carbocycles. The molecule has 0 aromatic heterocycles. The lowest BCUT2D eigenvalue weighted by Gasteiger charge is -2.16. The minimum absolute atomic E-state index is 0.169. The summed E-state index contributed by atoms with van der Waals surface area (Å²) in [5.41, 5.74) is 0. The van der Waals surface area contributed by atoms with E-state index < -0.39 is 17.9 Å². The molecule has 16 heavy (non-hydrogen) atoms. The fraction of sp³-hybridized carbons (Fsp3) is 0.700. The standard InChI is InChI=1S/C10H18N2O4/c1-6(2)4-8(10(15)16)12-9(14)5-11-7(3)13/h6,8H,4-5H2,1-3H3,(H,11,13)(H,12,14)(H,15,16)/t8-/m1/s1. The minimum Gasteiger partial charge on any atom is -0.480 e. The van der Waals surface area contributed by atoms with Gasteiger partial charge in [-0.3, -0.25) is 9.59 Å². The fourth-order valence-corrected chi connectivity index (χ4v) is 1.14. The first-order chi connectivity index (χ1) is 7.32. The van der Waals surface area contributed by atoms with Crippen LogP contribution in [0.1, 0.15) is 27.2 Å². The summed E-state index contributed by atoms with van der Waals surface area (Å²) in [5.74, 6) is -1.72. The van der Waals surface area contributed by atoms with Gasteiger partial charge in [0.2, 0.25) is 11.8 Å². The molecule has 0 unspecified atom stereocenters. The van der Waals surface area contributed by atoms with Gasteiger partial charge in [0.15, 0.2) is 0 Å². The quantitative estimate of drug-likeness (QED) is 0.585. The van der Waals surface area contributed by atoms with Crippen LogP contribution in [0.2, 0.25) is 0 Å². The number of hydrogen-bond donors (Lipinski definition) is 3. The highest BCUT2D eigenvalue weighted by molar-refractivity contribution is 5.87. The average Bonchev–Trinajstić information content (AvgIpc) is 2.12. The van der Waals surface area contributed by atoms with E-state index in [0.29, 0.717) is 6.42 Å². The predicted octanol–water partition coefficient (Wildman–Crippen LogP) is -0.262. The molecule has 0 aliphatic rings. The van der Waals surface area contributed by atoms with E-state index in [4.69, 9.17) is 5.11 Å². The summed E-state index contributed by atoms with van der Waals surface area (Å²) < 4.78 is 0. The molecule has 0 bridgehead atoms. The molecule has 0 radical (unpaired) electrons. The zero-order chi connectivity index (χ0) is 12.7. The van der Waals surface area contributed by atoms with Gasteiger partial charge in [-0.15, -0.1) is 0 Å². The van der Waals surface area contributed by atoms with Gasteiger partial charge in [0.1, 0.15) is 6.04 Å². The number of carboxylic acids is 1. The van der Waals surface area contributed by atoms with Crippen LogP contribution >= 0.6 is 0 Å². The number of nitrogens with one attached hydrogen (secondary N) is 2. The third kappa shape index (κ3) is 6.80. The van der Waals surface area contributed by atoms with E-state index >= 15 is 0 Å². The predicted molar refractivity (Wildman–Crippen MR) is 57.7 cm³/mol. The van der Waals surface area contributed by atoms with Crippen LogP contribution in [-0.4, -0.2) is 35.5 Å². The Balaban J connectivity index is 4.13. The summed E-state index contributed by atoms with van der Waals surface area (Å²) >= 11 is 0. The highest BCUT2D eigenvalue weighted by atomic mass is 16.4. The van der Waals surface area contributed by atoms with Gasteiger partial charge in [0.25, 0.3) is 0 Å². The number of hydrogen-bond acceptors (Lipinski definition) is 3. The maximum Gasteiger partial charge on any atom is 0.326 e. The first-order valence-electron chi connectivity index (χ1n) is 5.09. The summed E-state index contributed by atoms with van der Waals surface area (Å²) in [6, 6.07) is -0.902. The Hall–Kier alpha value is -1.59. The van der Waals surface area contributed by atoms with Crippen LogP contribution in [0.4, 0.5) is 0 Å². The van der Waals surface area contributed by atoms with Gasteiger partial charge in [-0.2, -0.15) is 0 Å². The molecule has 0 aliphatic carbocycles. The van der Waals surface area contributed by atoms with E-state index in [-0.39, 0.29) is 18.4 Å². The van der Waals surface area contributed by atoms with Crippen molar-refractivity contribution in [3.05, 3.63) is 0 Å². The van der Waals surface area contributed by atoms with Crippen molar-refractivity contribution in [2.24, 2.45) is 5.92 Å². The van der Waals surface area contributed by atoms with Crippen LogP contribution in [-0.2, 0) is 14.4 Å². The third-order valence-electron chi connectivity index (χ3n) is 1.84. The van der Waals surface area contributed by atoms with Crippen LogP contribution < -0.4 is 10.6 Å². The SMILES string of the molecule is CC(=O)NCC(=O)N[C@H](CC(C)C)C(=O)O. The summed E-state index contributed by atoms with van der Waals surface area (Å²) in [7, 11) is 0. The lowest BCUT2D eigenvalue weighted by atomic mass is 10.0. The topological polar surface area (TPSA) is 95.5 Å². The molecule has 0 aliphatic heterocycles. The van der Waals surface area contributed by atoms with Crippen molar-refractivity contribution in [2.75, 3.05) is 6.54 Å². The smallest absolute Gasteiger partial charge is 0.326 e. The Kier molecular flexibility index (Phi) is 6.14. The van der Waals surface area contributed by atoms with Crippen molar-refractivity contribution in [3.8, 4) is 0 Å². The summed E-state index contributed by atoms with van der Waals surface area (Å²) in [5, 5.41) is 13.5. The number of carbonyl (C=O) groups excluding carboxylic acids is 2. The van der Waals surface area contributed by atoms with Crippen molar-refractivity contribution in [1.82, 2.24) is 10.6 Å². The molecular weight excluding hydrogens is 212 g/mol. The van der Waals surface area contributed by atoms with Gasteiger partial charge in [-0.1, -0.05) is 13.8 Å². The molecule has 1 atom stereocenters. The summed E-state index contributed by atoms with van der Waals surface area (Å²) in [6.45, 7) is 4.83. The normalized spacial score (nSPS) is 12.0. The summed E-state index contributed by atoms with van der Waals surface area (Å²) in [4.78, 5) is 32.6. The Morgan fingerprint density at radius 3 is 2.19 bits per heavy atom. The molecule has 6 nitrogen and oxygen atoms in total. The summed E-state index contributed by atoms with van der Waals surface area (Å²) in [6.07, 6.45) is 0.362. The monoisotopic (exact) mass is 230 g/mol. The van der Waals surface area contributed by atoms with Gasteiger partial charge in [0.05, 0.1) is 6.54 Å². The lowest BCUT2D eigenvalue weighted by Crippen LogP contribution is -2.45. The van der Waals surface area contributed by atoms with Gasteiger partial charge in [0, 0.05) is 6.92 Å². The molecule has 0 heterocycles. The van der Waals surface area contributed by atoms with E-state index in [1.54, 1.807) is 0 Å². The van der Waals surface area contributed by atoms with Crippen LogP contribution in [0.3, 0.4) is 0 Å². The van der Waals surface area contributed by atoms with Gasteiger partial charge < -0.3 is 15.7 Å². The molecule has 2 amide bonds. The molecule has 0 aromatic carbocycles. The molecule has 0 aromatic rings. The van der Waals surface area contributed by atoms with Crippen LogP contribution in [0.15, 0.2) is 0 Å². The maximum atomic E-state index is 11.3. The number of amides is 2. The molecule has 0 rings (SSSR count). The largest absolute Gasteiger partial charge is 0.480 e. The Labute approximate surface area is 94.4 Å². The lowest BCUT2D eigenvalue weighted by molar-refractivity contribution is -0.142. The first-order valence-corrected chi connectivity index (χ1v) is 5.09. The fourth-order valence-electron chi connectivity index (χ4n) is 1.14. The Morgan fingerprint density at radius 1 is 1.25 bits per heavy atom. The molecular formula is C10H18N2O4. The molecule has 0 saturated heterocycles. The number of carbonyl (C=O) groups is 3. The van der Waals surface area contributed by atoms with Gasteiger partial charge in [-0.25, -0.2) is 4.79 Å². The first kappa shape index (κ1) is 14.4. The second kappa shape index (κ2) is 6.81. The van der Waals surface area contributed by atoms with Gasteiger partial charge >= 0.3 is 5.97 Å². The minimum atomic E-state index is -1.06.